The Hall–Kier alpha value is -3.42. The van der Waals surface area contributed by atoms with Crippen LogP contribution in [0.2, 0.25) is 0 Å². The molecule has 1 atom stereocenters. The van der Waals surface area contributed by atoms with E-state index in [2.05, 4.69) is 4.98 Å². The van der Waals surface area contributed by atoms with E-state index in [-0.39, 0.29) is 16.8 Å². The molecule has 142 valence electrons. The van der Waals surface area contributed by atoms with E-state index in [1.807, 2.05) is 42.5 Å². The summed E-state index contributed by atoms with van der Waals surface area (Å²) in [6.07, 6.45) is 0. The van der Waals surface area contributed by atoms with Crippen molar-refractivity contribution >= 4 is 43.4 Å². The first-order valence-electron chi connectivity index (χ1n) is 8.83. The van der Waals surface area contributed by atoms with E-state index >= 15 is 0 Å². The summed E-state index contributed by atoms with van der Waals surface area (Å²) < 4.78 is 32.8. The zero-order chi connectivity index (χ0) is 20.3. The smallest absolute Gasteiger partial charge is 0.293 e. The Morgan fingerprint density at radius 1 is 0.793 bits per heavy atom. The molecule has 0 bridgehead atoms. The Labute approximate surface area is 165 Å². The molecule has 0 spiro atoms. The average Bonchev–Trinajstić information content (AvgIpc) is 2.97. The number of aromatic nitrogens is 1. The summed E-state index contributed by atoms with van der Waals surface area (Å²) in [5.74, 6) is -2.43. The lowest BCUT2D eigenvalue weighted by atomic mass is 9.97. The third kappa shape index (κ3) is 2.59. The molecule has 5 rings (SSSR count). The number of pyridine rings is 1. The van der Waals surface area contributed by atoms with Crippen molar-refractivity contribution in [3.8, 4) is 0 Å². The fourth-order valence-corrected chi connectivity index (χ4v) is 4.67. The normalized spacial score (nSPS) is 16.5. The molecule has 7 heteroatoms. The molecule has 4 aromatic rings. The largest absolute Gasteiger partial charge is 0.295 e. The van der Waals surface area contributed by atoms with Crippen molar-refractivity contribution in [2.45, 2.75) is 10.8 Å². The predicted octanol–water partition coefficient (Wildman–Crippen LogP) is 3.80. The van der Waals surface area contributed by atoms with Crippen LogP contribution in [0.1, 0.15) is 32.3 Å². The fourth-order valence-electron chi connectivity index (χ4n) is 3.96. The number of hydrogen-bond acceptors (Lipinski definition) is 5. The lowest BCUT2D eigenvalue weighted by Gasteiger charge is -2.09. The molecule has 0 radical (unpaired) electrons. The van der Waals surface area contributed by atoms with Crippen molar-refractivity contribution < 1.29 is 22.6 Å². The highest BCUT2D eigenvalue weighted by atomic mass is 32.2. The van der Waals surface area contributed by atoms with E-state index < -0.39 is 32.5 Å². The van der Waals surface area contributed by atoms with E-state index in [0.29, 0.717) is 5.52 Å². The second-order valence-electron chi connectivity index (χ2n) is 6.90. The highest BCUT2D eigenvalue weighted by Gasteiger charge is 2.43. The van der Waals surface area contributed by atoms with Crippen molar-refractivity contribution in [2.24, 2.45) is 0 Å². The lowest BCUT2D eigenvalue weighted by Crippen LogP contribution is -2.15. The van der Waals surface area contributed by atoms with Crippen LogP contribution in [0.3, 0.4) is 0 Å². The molecule has 0 aliphatic heterocycles. The number of carbonyl (C=O) groups excluding carboxylic acids is 2. The van der Waals surface area contributed by atoms with Gasteiger partial charge in [0.15, 0.2) is 11.6 Å². The number of benzene rings is 3. The molecule has 1 aliphatic carbocycles. The van der Waals surface area contributed by atoms with Gasteiger partial charge in [0.1, 0.15) is 10.8 Å². The quantitative estimate of drug-likeness (QED) is 0.310. The first-order valence-corrected chi connectivity index (χ1v) is 10.3. The minimum absolute atomic E-state index is 0.0180. The Bertz CT molecular complexity index is 1470. The Kier molecular flexibility index (Phi) is 3.68. The number of ketones is 2. The van der Waals surface area contributed by atoms with Crippen LogP contribution < -0.4 is 0 Å². The number of carbonyl (C=O) groups is 2. The molecule has 3 aromatic carbocycles. The van der Waals surface area contributed by atoms with Crippen LogP contribution in [-0.2, 0) is 10.1 Å². The molecule has 0 saturated heterocycles. The van der Waals surface area contributed by atoms with Gasteiger partial charge in [-0.25, -0.2) is 0 Å². The summed E-state index contributed by atoms with van der Waals surface area (Å²) in [5, 5.41) is 2.94. The molecule has 6 nitrogen and oxygen atoms in total. The zero-order valence-corrected chi connectivity index (χ0v) is 15.7. The highest BCUT2D eigenvalue weighted by Crippen LogP contribution is 2.37. The van der Waals surface area contributed by atoms with Crippen LogP contribution in [0.4, 0.5) is 0 Å². The predicted molar refractivity (Wildman–Crippen MR) is 107 cm³/mol. The van der Waals surface area contributed by atoms with Crippen molar-refractivity contribution in [1.29, 1.82) is 0 Å². The van der Waals surface area contributed by atoms with Crippen molar-refractivity contribution in [1.82, 2.24) is 4.98 Å². The van der Waals surface area contributed by atoms with Gasteiger partial charge >= 0.3 is 0 Å². The summed E-state index contributed by atoms with van der Waals surface area (Å²) in [5.41, 5.74) is 0.592. The SMILES string of the molecule is O=C1c2cccc(S(=O)(=O)O)c2C(=O)C1c1ccc2c(ccc3ccccc32)n1. The van der Waals surface area contributed by atoms with Gasteiger partial charge in [-0.15, -0.1) is 0 Å². The zero-order valence-electron chi connectivity index (χ0n) is 14.9. The van der Waals surface area contributed by atoms with Gasteiger partial charge in [0.05, 0.1) is 16.8 Å². The molecule has 1 N–H and O–H groups in total. The van der Waals surface area contributed by atoms with Gasteiger partial charge in [-0.3, -0.25) is 19.1 Å². The topological polar surface area (TPSA) is 101 Å². The van der Waals surface area contributed by atoms with Gasteiger partial charge in [-0.05, 0) is 29.0 Å². The lowest BCUT2D eigenvalue weighted by molar-refractivity contribution is 0.0887. The molecule has 1 heterocycles. The Balaban J connectivity index is 1.68. The van der Waals surface area contributed by atoms with Crippen molar-refractivity contribution in [2.75, 3.05) is 0 Å². The molecule has 1 aromatic heterocycles. The first-order chi connectivity index (χ1) is 13.9. The number of rotatable bonds is 2. The van der Waals surface area contributed by atoms with Gasteiger partial charge < -0.3 is 0 Å². The van der Waals surface area contributed by atoms with Crippen molar-refractivity contribution in [3.05, 3.63) is 83.6 Å². The van der Waals surface area contributed by atoms with Gasteiger partial charge in [-0.1, -0.05) is 48.5 Å². The summed E-state index contributed by atoms with van der Waals surface area (Å²) in [7, 11) is -4.64. The maximum absolute atomic E-state index is 13.0. The second kappa shape index (κ2) is 6.04. The summed E-state index contributed by atoms with van der Waals surface area (Å²) >= 11 is 0. The number of Topliss-reactive ketones (excluding diaryl/α,β-unsaturated/α-hetero) is 2. The van der Waals surface area contributed by atoms with Crippen molar-refractivity contribution in [3.63, 3.8) is 0 Å². The van der Waals surface area contributed by atoms with Crippen LogP contribution >= 0.6 is 0 Å². The van der Waals surface area contributed by atoms with E-state index in [1.165, 1.54) is 12.1 Å². The fraction of sp³-hybridized carbons (Fsp3) is 0.0455. The van der Waals surface area contributed by atoms with Gasteiger partial charge in [0, 0.05) is 10.9 Å². The number of nitrogens with zero attached hydrogens (tertiary/aromatic N) is 1. The number of hydrogen-bond donors (Lipinski definition) is 1. The highest BCUT2D eigenvalue weighted by molar-refractivity contribution is 7.86. The summed E-state index contributed by atoms with van der Waals surface area (Å²) in [4.78, 5) is 29.9. The van der Waals surface area contributed by atoms with E-state index in [9.17, 15) is 22.6 Å². The average molecular weight is 403 g/mol. The maximum Gasteiger partial charge on any atom is 0.295 e. The standard InChI is InChI=1S/C22H13NO5S/c24-21-15-6-3-7-18(29(26,27)28)19(15)22(25)20(21)17-11-9-14-13-5-2-1-4-12(13)8-10-16(14)23-17/h1-11,20H,(H,26,27,28). The van der Waals surface area contributed by atoms with Crippen LogP contribution in [0.25, 0.3) is 21.7 Å². The van der Waals surface area contributed by atoms with E-state index in [4.69, 9.17) is 0 Å². The summed E-state index contributed by atoms with van der Waals surface area (Å²) in [6, 6.07) is 18.8. The third-order valence-corrected chi connectivity index (χ3v) is 6.15. The monoisotopic (exact) mass is 403 g/mol. The third-order valence-electron chi connectivity index (χ3n) is 5.25. The Morgan fingerprint density at radius 3 is 2.38 bits per heavy atom. The molecule has 0 amide bonds. The van der Waals surface area contributed by atoms with Crippen LogP contribution in [0.15, 0.2) is 71.6 Å². The van der Waals surface area contributed by atoms with Gasteiger partial charge in [-0.2, -0.15) is 8.42 Å². The molecule has 1 aliphatic rings. The molecular formula is C22H13NO5S. The van der Waals surface area contributed by atoms with Crippen LogP contribution in [-0.4, -0.2) is 29.5 Å². The van der Waals surface area contributed by atoms with Gasteiger partial charge in [0.25, 0.3) is 10.1 Å². The van der Waals surface area contributed by atoms with E-state index in [1.54, 1.807) is 6.07 Å². The van der Waals surface area contributed by atoms with E-state index in [0.717, 1.165) is 22.2 Å². The molecular weight excluding hydrogens is 390 g/mol. The van der Waals surface area contributed by atoms with Crippen LogP contribution in [0.5, 0.6) is 0 Å². The number of fused-ring (bicyclic) bond motifs is 4. The first kappa shape index (κ1) is 17.7. The molecule has 29 heavy (non-hydrogen) atoms. The van der Waals surface area contributed by atoms with Gasteiger partial charge in [0.2, 0.25) is 0 Å². The molecule has 0 fully saturated rings. The maximum atomic E-state index is 13.0. The minimum atomic E-state index is -4.64. The second-order valence-corrected chi connectivity index (χ2v) is 8.29. The minimum Gasteiger partial charge on any atom is -0.293 e. The molecule has 0 saturated carbocycles. The Morgan fingerprint density at radius 2 is 1.59 bits per heavy atom. The molecule has 1 unspecified atom stereocenters. The summed E-state index contributed by atoms with van der Waals surface area (Å²) in [6.45, 7) is 0. The van der Waals surface area contributed by atoms with Crippen LogP contribution in [0, 0.1) is 0 Å².